The Bertz CT molecular complexity index is 430. The van der Waals surface area contributed by atoms with Crippen molar-refractivity contribution in [2.45, 2.75) is 26.8 Å². The minimum atomic E-state index is 0.536. The summed E-state index contributed by atoms with van der Waals surface area (Å²) in [6.07, 6.45) is 0.957. The summed E-state index contributed by atoms with van der Waals surface area (Å²) in [4.78, 5) is 4.20. The highest BCUT2D eigenvalue weighted by Crippen LogP contribution is 2.13. The van der Waals surface area contributed by atoms with E-state index >= 15 is 0 Å². The van der Waals surface area contributed by atoms with E-state index in [0.717, 1.165) is 44.4 Å². The van der Waals surface area contributed by atoms with E-state index in [2.05, 4.69) is 41.6 Å². The Hall–Kier alpha value is -1.75. The SMILES string of the molecule is CN=C(NCCCOC)NCc1ccc(OCC(C)C)cc1. The number of nitrogens with zero attached hydrogens (tertiary/aromatic N) is 1. The molecule has 1 aromatic rings. The second-order valence-corrected chi connectivity index (χ2v) is 5.55. The summed E-state index contributed by atoms with van der Waals surface area (Å²) >= 11 is 0. The lowest BCUT2D eigenvalue weighted by Crippen LogP contribution is -2.37. The van der Waals surface area contributed by atoms with E-state index in [4.69, 9.17) is 9.47 Å². The average molecular weight is 307 g/mol. The summed E-state index contributed by atoms with van der Waals surface area (Å²) in [5.41, 5.74) is 1.19. The topological polar surface area (TPSA) is 54.9 Å². The number of methoxy groups -OCH3 is 1. The van der Waals surface area contributed by atoms with Gasteiger partial charge in [0.15, 0.2) is 5.96 Å². The van der Waals surface area contributed by atoms with Gasteiger partial charge in [0.25, 0.3) is 0 Å². The zero-order valence-corrected chi connectivity index (χ0v) is 14.2. The predicted molar refractivity (Wildman–Crippen MR) is 91.5 cm³/mol. The number of hydrogen-bond acceptors (Lipinski definition) is 3. The molecule has 0 atom stereocenters. The van der Waals surface area contributed by atoms with Crippen molar-refractivity contribution >= 4 is 5.96 Å². The maximum Gasteiger partial charge on any atom is 0.191 e. The molecule has 0 spiro atoms. The molecule has 0 saturated carbocycles. The number of ether oxygens (including phenoxy) is 2. The van der Waals surface area contributed by atoms with Gasteiger partial charge in [0, 0.05) is 33.9 Å². The van der Waals surface area contributed by atoms with Crippen LogP contribution in [0.4, 0.5) is 0 Å². The molecule has 0 bridgehead atoms. The summed E-state index contributed by atoms with van der Waals surface area (Å²) in [6, 6.07) is 8.16. The van der Waals surface area contributed by atoms with Crippen molar-refractivity contribution in [2.24, 2.45) is 10.9 Å². The third kappa shape index (κ3) is 7.88. The average Bonchev–Trinajstić information content (AvgIpc) is 2.53. The van der Waals surface area contributed by atoms with Gasteiger partial charge in [-0.25, -0.2) is 0 Å². The van der Waals surface area contributed by atoms with Crippen LogP contribution in [0.5, 0.6) is 5.75 Å². The van der Waals surface area contributed by atoms with E-state index in [1.54, 1.807) is 14.2 Å². The van der Waals surface area contributed by atoms with Crippen LogP contribution in [-0.4, -0.2) is 39.9 Å². The molecule has 0 aliphatic rings. The van der Waals surface area contributed by atoms with E-state index in [1.807, 2.05) is 12.1 Å². The van der Waals surface area contributed by atoms with Crippen molar-refractivity contribution in [3.63, 3.8) is 0 Å². The summed E-state index contributed by atoms with van der Waals surface area (Å²) in [6.45, 7) is 7.36. The van der Waals surface area contributed by atoms with Crippen molar-refractivity contribution in [1.29, 1.82) is 0 Å². The van der Waals surface area contributed by atoms with Crippen LogP contribution in [0.2, 0.25) is 0 Å². The molecular weight excluding hydrogens is 278 g/mol. The highest BCUT2D eigenvalue weighted by Gasteiger charge is 2.00. The van der Waals surface area contributed by atoms with Crippen LogP contribution in [0.15, 0.2) is 29.3 Å². The van der Waals surface area contributed by atoms with Gasteiger partial charge in [0.05, 0.1) is 6.61 Å². The Morgan fingerprint density at radius 3 is 2.50 bits per heavy atom. The van der Waals surface area contributed by atoms with Gasteiger partial charge in [-0.05, 0) is 30.0 Å². The zero-order valence-electron chi connectivity index (χ0n) is 14.2. The highest BCUT2D eigenvalue weighted by atomic mass is 16.5. The van der Waals surface area contributed by atoms with Gasteiger partial charge >= 0.3 is 0 Å². The summed E-state index contributed by atoms with van der Waals surface area (Å²) in [7, 11) is 3.48. The molecule has 5 heteroatoms. The first-order valence-corrected chi connectivity index (χ1v) is 7.81. The van der Waals surface area contributed by atoms with Gasteiger partial charge in [-0.2, -0.15) is 0 Å². The van der Waals surface area contributed by atoms with Crippen LogP contribution >= 0.6 is 0 Å². The van der Waals surface area contributed by atoms with Crippen LogP contribution in [0.3, 0.4) is 0 Å². The maximum absolute atomic E-state index is 5.68. The van der Waals surface area contributed by atoms with Crippen molar-refractivity contribution in [2.75, 3.05) is 33.9 Å². The monoisotopic (exact) mass is 307 g/mol. The summed E-state index contributed by atoms with van der Waals surface area (Å²) < 4.78 is 10.7. The first kappa shape index (κ1) is 18.3. The van der Waals surface area contributed by atoms with Crippen molar-refractivity contribution < 1.29 is 9.47 Å². The minimum absolute atomic E-state index is 0.536. The Morgan fingerprint density at radius 1 is 1.18 bits per heavy atom. The van der Waals surface area contributed by atoms with Gasteiger partial charge in [-0.3, -0.25) is 4.99 Å². The predicted octanol–water partition coefficient (Wildman–Crippen LogP) is 2.42. The first-order chi connectivity index (χ1) is 10.7. The van der Waals surface area contributed by atoms with E-state index in [0.29, 0.717) is 5.92 Å². The number of hydrogen-bond donors (Lipinski definition) is 2. The molecule has 0 aliphatic heterocycles. The quantitative estimate of drug-likeness (QED) is 0.418. The van der Waals surface area contributed by atoms with Crippen LogP contribution in [0, 0.1) is 5.92 Å². The van der Waals surface area contributed by atoms with Crippen molar-refractivity contribution in [1.82, 2.24) is 10.6 Å². The fourth-order valence-electron chi connectivity index (χ4n) is 1.80. The number of rotatable bonds is 9. The summed E-state index contributed by atoms with van der Waals surface area (Å²) in [5, 5.41) is 6.54. The molecular formula is C17H29N3O2. The van der Waals surface area contributed by atoms with Crippen LogP contribution in [-0.2, 0) is 11.3 Å². The Morgan fingerprint density at radius 2 is 1.91 bits per heavy atom. The van der Waals surface area contributed by atoms with Crippen LogP contribution in [0.1, 0.15) is 25.8 Å². The molecule has 1 aromatic carbocycles. The molecule has 0 radical (unpaired) electrons. The lowest BCUT2D eigenvalue weighted by molar-refractivity contribution is 0.195. The summed E-state index contributed by atoms with van der Waals surface area (Å²) in [5.74, 6) is 2.25. The van der Waals surface area contributed by atoms with Crippen LogP contribution in [0.25, 0.3) is 0 Å². The molecule has 0 aliphatic carbocycles. The largest absolute Gasteiger partial charge is 0.493 e. The fourth-order valence-corrected chi connectivity index (χ4v) is 1.80. The second-order valence-electron chi connectivity index (χ2n) is 5.55. The van der Waals surface area contributed by atoms with Gasteiger partial charge < -0.3 is 20.1 Å². The third-order valence-corrected chi connectivity index (χ3v) is 3.01. The maximum atomic E-state index is 5.68. The molecule has 0 aromatic heterocycles. The van der Waals surface area contributed by atoms with Gasteiger partial charge in [-0.1, -0.05) is 26.0 Å². The standard InChI is InChI=1S/C17H29N3O2/c1-14(2)13-22-16-8-6-15(7-9-16)12-20-17(18-3)19-10-5-11-21-4/h6-9,14H,5,10-13H2,1-4H3,(H2,18,19,20). The molecule has 0 heterocycles. The van der Waals surface area contributed by atoms with Gasteiger partial charge in [0.2, 0.25) is 0 Å². The van der Waals surface area contributed by atoms with E-state index in [-0.39, 0.29) is 0 Å². The number of benzene rings is 1. The molecule has 5 nitrogen and oxygen atoms in total. The number of aliphatic imine (C=N–C) groups is 1. The number of guanidine groups is 1. The van der Waals surface area contributed by atoms with Gasteiger partial charge in [-0.15, -0.1) is 0 Å². The molecule has 124 valence electrons. The normalized spacial score (nSPS) is 11.6. The third-order valence-electron chi connectivity index (χ3n) is 3.01. The van der Waals surface area contributed by atoms with Crippen LogP contribution < -0.4 is 15.4 Å². The van der Waals surface area contributed by atoms with E-state index < -0.39 is 0 Å². The minimum Gasteiger partial charge on any atom is -0.493 e. The second kappa shape index (κ2) is 10.9. The smallest absolute Gasteiger partial charge is 0.191 e. The van der Waals surface area contributed by atoms with Gasteiger partial charge in [0.1, 0.15) is 5.75 Å². The van der Waals surface area contributed by atoms with Crippen molar-refractivity contribution in [3.8, 4) is 5.75 Å². The molecule has 22 heavy (non-hydrogen) atoms. The zero-order chi connectivity index (χ0) is 16.2. The lowest BCUT2D eigenvalue weighted by Gasteiger charge is -2.12. The molecule has 0 fully saturated rings. The fraction of sp³-hybridized carbons (Fsp3) is 0.588. The molecule has 2 N–H and O–H groups in total. The molecule has 1 rings (SSSR count). The number of nitrogens with one attached hydrogen (secondary N) is 2. The highest BCUT2D eigenvalue weighted by molar-refractivity contribution is 5.79. The Balaban J connectivity index is 2.33. The lowest BCUT2D eigenvalue weighted by atomic mass is 10.2. The molecule has 0 saturated heterocycles. The molecule has 0 unspecified atom stereocenters. The van der Waals surface area contributed by atoms with E-state index in [9.17, 15) is 0 Å². The molecule has 0 amide bonds. The van der Waals surface area contributed by atoms with Crippen molar-refractivity contribution in [3.05, 3.63) is 29.8 Å². The van der Waals surface area contributed by atoms with E-state index in [1.165, 1.54) is 5.56 Å². The first-order valence-electron chi connectivity index (χ1n) is 7.81. The Kier molecular flexibility index (Phi) is 9.07. The Labute approximate surface area is 134 Å².